The van der Waals surface area contributed by atoms with Crippen LogP contribution in [-0.4, -0.2) is 66.6 Å². The van der Waals surface area contributed by atoms with Crippen molar-refractivity contribution in [3.05, 3.63) is 0 Å². The third-order valence-electron chi connectivity index (χ3n) is 5.96. The van der Waals surface area contributed by atoms with E-state index < -0.39 is 6.10 Å². The van der Waals surface area contributed by atoms with E-state index in [1.807, 2.05) is 14.1 Å². The van der Waals surface area contributed by atoms with Crippen molar-refractivity contribution in [2.75, 3.05) is 33.8 Å². The van der Waals surface area contributed by atoms with Gasteiger partial charge >= 0.3 is 0 Å². The molecule has 0 aromatic carbocycles. The molecule has 0 aliphatic rings. The van der Waals surface area contributed by atoms with Crippen LogP contribution in [0.25, 0.3) is 0 Å². The Morgan fingerprint density at radius 3 is 1.93 bits per heavy atom. The van der Waals surface area contributed by atoms with Crippen molar-refractivity contribution in [2.24, 2.45) is 0 Å². The van der Waals surface area contributed by atoms with E-state index in [-0.39, 0.29) is 18.6 Å². The fourth-order valence-electron chi connectivity index (χ4n) is 3.98. The lowest BCUT2D eigenvalue weighted by atomic mass is 10.0. The van der Waals surface area contributed by atoms with Gasteiger partial charge in [0.1, 0.15) is 6.04 Å². The van der Waals surface area contributed by atoms with Gasteiger partial charge in [-0.1, -0.05) is 71.1 Å². The number of hydrogen-bond acceptors (Lipinski definition) is 4. The van der Waals surface area contributed by atoms with Crippen molar-refractivity contribution in [1.29, 1.82) is 0 Å². The van der Waals surface area contributed by atoms with Gasteiger partial charge in [0.25, 0.3) is 0 Å². The number of nitrogens with zero attached hydrogens (tertiary/aromatic N) is 1. The molecule has 0 saturated carbocycles. The average molecular weight is 431 g/mol. The summed E-state index contributed by atoms with van der Waals surface area (Å²) in [6.07, 6.45) is 15.9. The Morgan fingerprint density at radius 2 is 1.43 bits per heavy atom. The molecule has 2 atom stereocenters. The van der Waals surface area contributed by atoms with Crippen molar-refractivity contribution >= 4 is 5.91 Å². The van der Waals surface area contributed by atoms with Crippen molar-refractivity contribution in [1.82, 2.24) is 10.7 Å². The number of aliphatic hydroxyl groups is 2. The fourth-order valence-corrected chi connectivity index (χ4v) is 3.98. The van der Waals surface area contributed by atoms with Crippen LogP contribution >= 0.6 is 0 Å². The standard InChI is InChI=1S/C24H51N3O3/c1-5-6-7-8-9-10-11-12-13-14-15-16-24(30)25-18-17-23(21-22(2)29)27(3,4)26-19-20-28/h22-23,26,28-29H,5-21H2,1-4H3/p+1. The molecule has 0 aromatic heterocycles. The Balaban J connectivity index is 3.83. The first-order chi connectivity index (χ1) is 14.3. The molecule has 0 spiro atoms. The summed E-state index contributed by atoms with van der Waals surface area (Å²) in [4.78, 5) is 12.1. The van der Waals surface area contributed by atoms with Gasteiger partial charge in [0.2, 0.25) is 5.91 Å². The molecule has 0 heterocycles. The van der Waals surface area contributed by atoms with Crippen LogP contribution in [0.1, 0.15) is 104 Å². The number of nitrogens with one attached hydrogen (secondary N) is 2. The Bertz CT molecular complexity index is 403. The number of amides is 1. The monoisotopic (exact) mass is 430 g/mol. The van der Waals surface area contributed by atoms with Crippen molar-refractivity contribution in [2.45, 2.75) is 116 Å². The maximum atomic E-state index is 12.1. The summed E-state index contributed by atoms with van der Waals surface area (Å²) < 4.78 is 0.514. The molecule has 4 N–H and O–H groups in total. The van der Waals surface area contributed by atoms with E-state index in [1.165, 1.54) is 57.8 Å². The number of quaternary nitrogens is 1. The first-order valence-electron chi connectivity index (χ1n) is 12.5. The Hall–Kier alpha value is -0.690. The van der Waals surface area contributed by atoms with Gasteiger partial charge in [0.05, 0.1) is 33.4 Å². The minimum atomic E-state index is -0.393. The summed E-state index contributed by atoms with van der Waals surface area (Å²) in [6.45, 7) is 5.27. The molecule has 6 heteroatoms. The van der Waals surface area contributed by atoms with E-state index in [4.69, 9.17) is 5.11 Å². The predicted octanol–water partition coefficient (Wildman–Crippen LogP) is 3.91. The quantitative estimate of drug-likeness (QED) is 0.126. The summed E-state index contributed by atoms with van der Waals surface area (Å²) in [5, 5.41) is 21.9. The molecule has 1 amide bonds. The van der Waals surface area contributed by atoms with Crippen LogP contribution in [0.5, 0.6) is 0 Å². The van der Waals surface area contributed by atoms with E-state index in [1.54, 1.807) is 6.92 Å². The van der Waals surface area contributed by atoms with Gasteiger partial charge in [-0.15, -0.1) is 0 Å². The first kappa shape index (κ1) is 29.3. The number of hydrogen-bond donors (Lipinski definition) is 4. The lowest BCUT2D eigenvalue weighted by Gasteiger charge is -2.38. The molecule has 2 unspecified atom stereocenters. The molecular weight excluding hydrogens is 378 g/mol. The highest BCUT2D eigenvalue weighted by Gasteiger charge is 2.29. The number of carbonyl (C=O) groups is 1. The van der Waals surface area contributed by atoms with Crippen LogP contribution in [-0.2, 0) is 4.79 Å². The zero-order chi connectivity index (χ0) is 22.7. The molecule has 0 bridgehead atoms. The SMILES string of the molecule is CCCCCCCCCCCCCC(=O)NCCC(CC(C)O)[N+](C)(C)NCCO. The van der Waals surface area contributed by atoms with Crippen LogP contribution < -0.4 is 10.7 Å². The summed E-state index contributed by atoms with van der Waals surface area (Å²) in [6, 6.07) is 0.166. The molecule has 30 heavy (non-hydrogen) atoms. The summed E-state index contributed by atoms with van der Waals surface area (Å²) >= 11 is 0. The molecule has 0 rings (SSSR count). The molecule has 0 fully saturated rings. The summed E-state index contributed by atoms with van der Waals surface area (Å²) in [5.74, 6) is 0.135. The lowest BCUT2D eigenvalue weighted by Crippen LogP contribution is -2.60. The summed E-state index contributed by atoms with van der Waals surface area (Å²) in [7, 11) is 4.07. The van der Waals surface area contributed by atoms with E-state index >= 15 is 0 Å². The second-order valence-corrected chi connectivity index (χ2v) is 9.33. The fraction of sp³-hybridized carbons (Fsp3) is 0.958. The molecule has 0 aliphatic heterocycles. The molecule has 180 valence electrons. The average Bonchev–Trinajstić information content (AvgIpc) is 2.69. The molecule has 6 nitrogen and oxygen atoms in total. The number of aliphatic hydroxyl groups excluding tert-OH is 2. The van der Waals surface area contributed by atoms with E-state index in [9.17, 15) is 9.90 Å². The molecule has 0 aromatic rings. The first-order valence-corrected chi connectivity index (χ1v) is 12.5. The van der Waals surface area contributed by atoms with Crippen LogP contribution in [0.4, 0.5) is 0 Å². The number of rotatable bonds is 21. The van der Waals surface area contributed by atoms with Crippen LogP contribution in [0, 0.1) is 0 Å². The van der Waals surface area contributed by atoms with E-state index in [0.29, 0.717) is 30.5 Å². The zero-order valence-electron chi connectivity index (χ0n) is 20.4. The summed E-state index contributed by atoms with van der Waals surface area (Å²) in [5.41, 5.74) is 3.29. The maximum Gasteiger partial charge on any atom is 0.219 e. The van der Waals surface area contributed by atoms with Crippen LogP contribution in [0.15, 0.2) is 0 Å². The van der Waals surface area contributed by atoms with E-state index in [0.717, 1.165) is 19.3 Å². The molecule has 0 saturated heterocycles. The Labute approximate surface area is 186 Å². The van der Waals surface area contributed by atoms with Crippen molar-refractivity contribution in [3.63, 3.8) is 0 Å². The highest BCUT2D eigenvalue weighted by Crippen LogP contribution is 2.14. The second kappa shape index (κ2) is 19.0. The highest BCUT2D eigenvalue weighted by atomic mass is 16.3. The van der Waals surface area contributed by atoms with Crippen LogP contribution in [0.3, 0.4) is 0 Å². The smallest absolute Gasteiger partial charge is 0.219 e. The van der Waals surface area contributed by atoms with E-state index in [2.05, 4.69) is 17.7 Å². The predicted molar refractivity (Wildman–Crippen MR) is 126 cm³/mol. The normalized spacial score (nSPS) is 13.9. The van der Waals surface area contributed by atoms with Gasteiger partial charge in [-0.3, -0.25) is 4.79 Å². The van der Waals surface area contributed by atoms with Crippen molar-refractivity contribution in [3.8, 4) is 0 Å². The van der Waals surface area contributed by atoms with Gasteiger partial charge in [-0.05, 0) is 13.3 Å². The van der Waals surface area contributed by atoms with Crippen molar-refractivity contribution < 1.29 is 19.6 Å². The van der Waals surface area contributed by atoms with Gasteiger partial charge in [-0.25, -0.2) is 4.59 Å². The molecule has 0 aliphatic carbocycles. The van der Waals surface area contributed by atoms with Gasteiger partial charge in [0.15, 0.2) is 0 Å². The zero-order valence-corrected chi connectivity index (χ0v) is 20.4. The second-order valence-electron chi connectivity index (χ2n) is 9.33. The third-order valence-corrected chi connectivity index (χ3v) is 5.96. The minimum Gasteiger partial charge on any atom is -0.395 e. The molecular formula is C24H52N3O3+. The third kappa shape index (κ3) is 17.0. The topological polar surface area (TPSA) is 81.6 Å². The number of unbranched alkanes of at least 4 members (excludes halogenated alkanes) is 10. The minimum absolute atomic E-state index is 0.0821. The number of carbonyl (C=O) groups excluding carboxylic acids is 1. The highest BCUT2D eigenvalue weighted by molar-refractivity contribution is 5.75. The van der Waals surface area contributed by atoms with Gasteiger partial charge < -0.3 is 15.5 Å². The Morgan fingerprint density at radius 1 is 0.900 bits per heavy atom. The molecule has 0 radical (unpaired) electrons. The largest absolute Gasteiger partial charge is 0.395 e. The maximum absolute atomic E-state index is 12.1. The lowest BCUT2D eigenvalue weighted by molar-refractivity contribution is -0.958. The van der Waals surface area contributed by atoms with Gasteiger partial charge in [0, 0.05) is 25.8 Å². The Kier molecular flexibility index (Phi) is 18.6. The van der Waals surface area contributed by atoms with Gasteiger partial charge in [-0.2, -0.15) is 5.43 Å². The van der Waals surface area contributed by atoms with Crippen LogP contribution in [0.2, 0.25) is 0 Å².